The lowest BCUT2D eigenvalue weighted by molar-refractivity contribution is -0.384. The van der Waals surface area contributed by atoms with Crippen LogP contribution < -0.4 is 10.1 Å². The van der Waals surface area contributed by atoms with Crippen LogP contribution >= 0.6 is 0 Å². The molecule has 0 saturated carbocycles. The van der Waals surface area contributed by atoms with Crippen LogP contribution in [0.25, 0.3) is 17.0 Å². The van der Waals surface area contributed by atoms with Crippen LogP contribution in [-0.4, -0.2) is 36.0 Å². The molecule has 4 heterocycles. The summed E-state index contributed by atoms with van der Waals surface area (Å²) in [5.74, 6) is -0.109. The first-order valence-corrected chi connectivity index (χ1v) is 9.08. The van der Waals surface area contributed by atoms with E-state index in [1.165, 1.54) is 12.4 Å². The average Bonchev–Trinajstić information content (AvgIpc) is 3.18. The monoisotopic (exact) mass is 407 g/mol. The van der Waals surface area contributed by atoms with Gasteiger partial charge < -0.3 is 10.1 Å². The molecule has 3 aromatic heterocycles. The van der Waals surface area contributed by atoms with Gasteiger partial charge in [0, 0.05) is 18.2 Å². The van der Waals surface area contributed by atoms with Crippen molar-refractivity contribution < 1.29 is 14.1 Å². The van der Waals surface area contributed by atoms with Crippen LogP contribution in [0, 0.1) is 15.9 Å². The number of rotatable bonds is 4. The van der Waals surface area contributed by atoms with Crippen molar-refractivity contribution in [3.8, 4) is 11.7 Å². The molecule has 0 saturated heterocycles. The van der Waals surface area contributed by atoms with Gasteiger partial charge in [0.05, 0.1) is 34.8 Å². The molecular formula is C19H14FN7O3. The summed E-state index contributed by atoms with van der Waals surface area (Å²) in [6.07, 6.45) is 6.38. The molecule has 1 N–H and O–H groups in total. The Labute approximate surface area is 168 Å². The minimum atomic E-state index is -0.564. The SMILES string of the molecule is O=[N+]([O-])c1cnc(-n2cnc3ccncc32)nc1N[C@@H]1CCOc2c(F)cccc21. The summed E-state index contributed by atoms with van der Waals surface area (Å²) in [5, 5.41) is 14.6. The molecule has 1 atom stereocenters. The van der Waals surface area contributed by atoms with E-state index in [2.05, 4.69) is 25.3 Å². The lowest BCUT2D eigenvalue weighted by Crippen LogP contribution is -2.22. The van der Waals surface area contributed by atoms with Gasteiger partial charge >= 0.3 is 5.69 Å². The second kappa shape index (κ2) is 7.03. The van der Waals surface area contributed by atoms with Gasteiger partial charge in [-0.15, -0.1) is 0 Å². The summed E-state index contributed by atoms with van der Waals surface area (Å²) in [6, 6.07) is 5.93. The Bertz CT molecular complexity index is 1280. The Morgan fingerprint density at radius 1 is 1.27 bits per heavy atom. The number of aromatic nitrogens is 5. The van der Waals surface area contributed by atoms with Gasteiger partial charge in [-0.05, 0) is 12.1 Å². The fourth-order valence-electron chi connectivity index (χ4n) is 3.44. The third-order valence-electron chi connectivity index (χ3n) is 4.86. The fraction of sp³-hybridized carbons (Fsp3) is 0.158. The van der Waals surface area contributed by atoms with Gasteiger partial charge in [0.15, 0.2) is 11.6 Å². The number of halogens is 1. The summed E-state index contributed by atoms with van der Waals surface area (Å²) in [4.78, 5) is 27.8. The Kier molecular flexibility index (Phi) is 4.20. The fourth-order valence-corrected chi connectivity index (χ4v) is 3.44. The Morgan fingerprint density at radius 2 is 2.17 bits per heavy atom. The molecule has 0 radical (unpaired) electrons. The molecule has 1 aromatic carbocycles. The van der Waals surface area contributed by atoms with Gasteiger partial charge in [0.1, 0.15) is 12.5 Å². The number of nitrogens with zero attached hydrogens (tertiary/aromatic N) is 6. The summed E-state index contributed by atoms with van der Waals surface area (Å²) < 4.78 is 21.1. The number of nitro groups is 1. The molecule has 1 aliphatic heterocycles. The maximum absolute atomic E-state index is 14.1. The molecule has 10 nitrogen and oxygen atoms in total. The van der Waals surface area contributed by atoms with Crippen LogP contribution in [0.5, 0.6) is 5.75 Å². The highest BCUT2D eigenvalue weighted by Gasteiger charge is 2.27. The van der Waals surface area contributed by atoms with Crippen LogP contribution in [0.2, 0.25) is 0 Å². The third kappa shape index (κ3) is 2.96. The van der Waals surface area contributed by atoms with Crippen LogP contribution in [-0.2, 0) is 0 Å². The number of hydrogen-bond acceptors (Lipinski definition) is 8. The second-order valence-corrected chi connectivity index (χ2v) is 6.63. The van der Waals surface area contributed by atoms with Crippen molar-refractivity contribution >= 4 is 22.5 Å². The molecule has 0 fully saturated rings. The van der Waals surface area contributed by atoms with Crippen LogP contribution in [0.4, 0.5) is 15.9 Å². The molecule has 1 aliphatic rings. The highest BCUT2D eigenvalue weighted by molar-refractivity contribution is 5.75. The van der Waals surface area contributed by atoms with E-state index in [-0.39, 0.29) is 29.8 Å². The minimum Gasteiger partial charge on any atom is -0.490 e. The van der Waals surface area contributed by atoms with E-state index in [1.807, 2.05) is 0 Å². The molecule has 0 spiro atoms. The number of ether oxygens (including phenoxy) is 1. The highest BCUT2D eigenvalue weighted by Crippen LogP contribution is 2.37. The van der Waals surface area contributed by atoms with Crippen molar-refractivity contribution in [3.63, 3.8) is 0 Å². The number of benzene rings is 1. The third-order valence-corrected chi connectivity index (χ3v) is 4.86. The van der Waals surface area contributed by atoms with E-state index in [0.29, 0.717) is 23.0 Å². The Hall–Kier alpha value is -4.15. The zero-order valence-electron chi connectivity index (χ0n) is 15.4. The predicted molar refractivity (Wildman–Crippen MR) is 104 cm³/mol. The summed E-state index contributed by atoms with van der Waals surface area (Å²) in [6.45, 7) is 0.273. The van der Waals surface area contributed by atoms with E-state index < -0.39 is 16.8 Å². The Morgan fingerprint density at radius 3 is 3.03 bits per heavy atom. The minimum absolute atomic E-state index is 0.0258. The van der Waals surface area contributed by atoms with Gasteiger partial charge in [-0.25, -0.2) is 14.4 Å². The first-order valence-electron chi connectivity index (χ1n) is 9.08. The van der Waals surface area contributed by atoms with Gasteiger partial charge in [-0.1, -0.05) is 12.1 Å². The van der Waals surface area contributed by atoms with Gasteiger partial charge in [0.2, 0.25) is 11.8 Å². The maximum atomic E-state index is 14.1. The summed E-state index contributed by atoms with van der Waals surface area (Å²) >= 11 is 0. The quantitative estimate of drug-likeness (QED) is 0.404. The number of nitrogens with one attached hydrogen (secondary N) is 1. The lowest BCUT2D eigenvalue weighted by Gasteiger charge is -2.27. The number of hydrogen-bond donors (Lipinski definition) is 1. The van der Waals surface area contributed by atoms with Crippen LogP contribution in [0.15, 0.2) is 49.2 Å². The molecular weight excluding hydrogens is 393 g/mol. The predicted octanol–water partition coefficient (Wildman–Crippen LogP) is 3.19. The number of imidazole rings is 1. The zero-order valence-corrected chi connectivity index (χ0v) is 15.4. The van der Waals surface area contributed by atoms with Crippen molar-refractivity contribution in [3.05, 3.63) is 70.7 Å². The first kappa shape index (κ1) is 17.9. The lowest BCUT2D eigenvalue weighted by atomic mass is 10.0. The van der Waals surface area contributed by atoms with Gasteiger partial charge in [0.25, 0.3) is 0 Å². The number of fused-ring (bicyclic) bond motifs is 2. The van der Waals surface area contributed by atoms with Crippen molar-refractivity contribution in [2.24, 2.45) is 0 Å². The molecule has 0 aliphatic carbocycles. The van der Waals surface area contributed by atoms with E-state index in [0.717, 1.165) is 6.20 Å². The molecule has 150 valence electrons. The van der Waals surface area contributed by atoms with E-state index in [4.69, 9.17) is 4.74 Å². The van der Waals surface area contributed by atoms with Crippen molar-refractivity contribution in [2.45, 2.75) is 12.5 Å². The highest BCUT2D eigenvalue weighted by atomic mass is 19.1. The zero-order chi connectivity index (χ0) is 20.7. The first-order chi connectivity index (χ1) is 14.6. The second-order valence-electron chi connectivity index (χ2n) is 6.63. The average molecular weight is 407 g/mol. The van der Waals surface area contributed by atoms with Crippen molar-refractivity contribution in [1.82, 2.24) is 24.5 Å². The van der Waals surface area contributed by atoms with E-state index in [1.54, 1.807) is 35.2 Å². The van der Waals surface area contributed by atoms with E-state index >= 15 is 0 Å². The molecule has 5 rings (SSSR count). The van der Waals surface area contributed by atoms with Crippen LogP contribution in [0.3, 0.4) is 0 Å². The maximum Gasteiger partial charge on any atom is 0.329 e. The largest absolute Gasteiger partial charge is 0.490 e. The molecule has 11 heteroatoms. The van der Waals surface area contributed by atoms with E-state index in [9.17, 15) is 14.5 Å². The summed E-state index contributed by atoms with van der Waals surface area (Å²) in [5.41, 5.74) is 1.64. The molecule has 0 bridgehead atoms. The molecule has 0 amide bonds. The number of anilines is 1. The van der Waals surface area contributed by atoms with Crippen molar-refractivity contribution in [1.29, 1.82) is 0 Å². The van der Waals surface area contributed by atoms with Gasteiger partial charge in [-0.2, -0.15) is 4.98 Å². The number of para-hydroxylation sites is 1. The molecule has 30 heavy (non-hydrogen) atoms. The number of pyridine rings is 1. The van der Waals surface area contributed by atoms with Crippen LogP contribution in [0.1, 0.15) is 18.0 Å². The molecule has 0 unspecified atom stereocenters. The molecule has 4 aromatic rings. The van der Waals surface area contributed by atoms with Crippen molar-refractivity contribution in [2.75, 3.05) is 11.9 Å². The van der Waals surface area contributed by atoms with Gasteiger partial charge in [-0.3, -0.25) is 19.7 Å². The summed E-state index contributed by atoms with van der Waals surface area (Å²) in [7, 11) is 0. The topological polar surface area (TPSA) is 121 Å². The Balaban J connectivity index is 1.58. The smallest absolute Gasteiger partial charge is 0.329 e. The standard InChI is InChI=1S/C19H14FN7O3/c20-12-3-1-2-11-13(5-7-30-17(11)12)24-18-16(27(28)29)9-22-19(25-18)26-10-23-14-4-6-21-8-15(14)26/h1-4,6,8-10,13H,5,7H2,(H,22,24,25)/t13-/m1/s1. The normalized spacial score (nSPS) is 15.4.